The van der Waals surface area contributed by atoms with Crippen LogP contribution in [0, 0.1) is 17.7 Å². The van der Waals surface area contributed by atoms with Gasteiger partial charge < -0.3 is 25.0 Å². The lowest BCUT2D eigenvalue weighted by Gasteiger charge is -2.34. The van der Waals surface area contributed by atoms with Gasteiger partial charge in [-0.2, -0.15) is 0 Å². The molecule has 2 aromatic rings. The molecule has 210 valence electrons. The molecule has 5 unspecified atom stereocenters. The van der Waals surface area contributed by atoms with Crippen molar-refractivity contribution in [1.82, 2.24) is 10.2 Å². The van der Waals surface area contributed by atoms with Crippen LogP contribution in [-0.4, -0.2) is 53.0 Å². The van der Waals surface area contributed by atoms with Crippen molar-refractivity contribution >= 4 is 23.4 Å². The second-order valence-corrected chi connectivity index (χ2v) is 11.5. The fraction of sp³-hybridized carbons (Fsp3) is 0.452. The van der Waals surface area contributed by atoms with Gasteiger partial charge in [0.2, 0.25) is 17.7 Å². The van der Waals surface area contributed by atoms with Crippen molar-refractivity contribution < 1.29 is 28.2 Å². The Kier molecular flexibility index (Phi) is 6.65. The summed E-state index contributed by atoms with van der Waals surface area (Å²) in [6.07, 6.45) is 8.69. The molecule has 1 saturated carbocycles. The zero-order valence-corrected chi connectivity index (χ0v) is 22.7. The topological polar surface area (TPSA) is 97.0 Å². The Bertz CT molecular complexity index is 1340. The van der Waals surface area contributed by atoms with E-state index in [-0.39, 0.29) is 24.4 Å². The number of benzene rings is 2. The molecule has 0 aromatic heterocycles. The summed E-state index contributed by atoms with van der Waals surface area (Å²) in [6, 6.07) is 11.9. The van der Waals surface area contributed by atoms with Crippen molar-refractivity contribution in [3.63, 3.8) is 0 Å². The van der Waals surface area contributed by atoms with Crippen molar-refractivity contribution in [1.29, 1.82) is 0 Å². The Morgan fingerprint density at radius 1 is 1.02 bits per heavy atom. The lowest BCUT2D eigenvalue weighted by Crippen LogP contribution is -2.56. The number of amides is 3. The maximum atomic E-state index is 14.2. The molecule has 3 fully saturated rings. The quantitative estimate of drug-likeness (QED) is 0.512. The molecule has 2 aromatic carbocycles. The first-order valence-corrected chi connectivity index (χ1v) is 13.9. The monoisotopic (exact) mass is 547 g/mol. The summed E-state index contributed by atoms with van der Waals surface area (Å²) in [5.74, 6) is -2.45. The van der Waals surface area contributed by atoms with Gasteiger partial charge in [-0.25, -0.2) is 4.39 Å². The first kappa shape index (κ1) is 26.5. The molecule has 40 heavy (non-hydrogen) atoms. The number of ether oxygens (including phenoxy) is 2. The van der Waals surface area contributed by atoms with Gasteiger partial charge in [0.1, 0.15) is 23.2 Å². The van der Waals surface area contributed by atoms with Crippen molar-refractivity contribution in [3.8, 4) is 5.75 Å². The van der Waals surface area contributed by atoms with Gasteiger partial charge >= 0.3 is 0 Å². The predicted molar refractivity (Wildman–Crippen MR) is 146 cm³/mol. The van der Waals surface area contributed by atoms with E-state index < -0.39 is 40.8 Å². The molecule has 4 aliphatic rings. The number of hydrogen-bond acceptors (Lipinski definition) is 5. The average Bonchev–Trinajstić information content (AvgIpc) is 3.51. The van der Waals surface area contributed by atoms with Crippen LogP contribution in [0.15, 0.2) is 60.7 Å². The summed E-state index contributed by atoms with van der Waals surface area (Å²) in [5, 5.41) is 6.04. The number of anilines is 1. The van der Waals surface area contributed by atoms with Gasteiger partial charge in [-0.05, 0) is 61.7 Å². The van der Waals surface area contributed by atoms with Crippen LogP contribution in [0.3, 0.4) is 0 Å². The minimum atomic E-state index is -1.28. The van der Waals surface area contributed by atoms with Gasteiger partial charge in [0.25, 0.3) is 0 Å². The zero-order chi connectivity index (χ0) is 28.1. The third kappa shape index (κ3) is 4.36. The fourth-order valence-corrected chi connectivity index (χ4v) is 7.01. The number of methoxy groups -OCH3 is 1. The van der Waals surface area contributed by atoms with Gasteiger partial charge in [-0.3, -0.25) is 14.4 Å². The minimum Gasteiger partial charge on any atom is -0.497 e. The molecule has 2 N–H and O–H groups in total. The van der Waals surface area contributed by atoms with Crippen LogP contribution < -0.4 is 15.4 Å². The highest BCUT2D eigenvalue weighted by Crippen LogP contribution is 2.60. The number of nitrogens with one attached hydrogen (secondary N) is 2. The van der Waals surface area contributed by atoms with Crippen LogP contribution in [0.4, 0.5) is 10.1 Å². The number of nitrogens with zero attached hydrogens (tertiary/aromatic N) is 1. The summed E-state index contributed by atoms with van der Waals surface area (Å²) < 4.78 is 25.3. The van der Waals surface area contributed by atoms with E-state index >= 15 is 0 Å². The summed E-state index contributed by atoms with van der Waals surface area (Å²) in [7, 11) is 1.59. The zero-order valence-electron chi connectivity index (χ0n) is 22.7. The van der Waals surface area contributed by atoms with E-state index in [0.29, 0.717) is 11.4 Å². The Hall–Kier alpha value is -3.72. The number of halogens is 1. The summed E-state index contributed by atoms with van der Waals surface area (Å²) in [6.45, 7) is 1.96. The molecule has 0 radical (unpaired) electrons. The maximum Gasteiger partial charge on any atom is 0.246 e. The highest BCUT2D eigenvalue weighted by molar-refractivity contribution is 6.03. The molecule has 6 rings (SSSR count). The van der Waals surface area contributed by atoms with Crippen LogP contribution in [0.25, 0.3) is 0 Å². The average molecular weight is 548 g/mol. The van der Waals surface area contributed by atoms with E-state index in [2.05, 4.69) is 10.6 Å². The fourth-order valence-electron chi connectivity index (χ4n) is 7.01. The third-order valence-corrected chi connectivity index (χ3v) is 8.90. The highest BCUT2D eigenvalue weighted by atomic mass is 19.1. The number of carbonyl (C=O) groups excluding carboxylic acids is 3. The first-order chi connectivity index (χ1) is 19.2. The summed E-state index contributed by atoms with van der Waals surface area (Å²) >= 11 is 0. The normalized spacial score (nSPS) is 30.8. The molecule has 3 aliphatic heterocycles. The summed E-state index contributed by atoms with van der Waals surface area (Å²) in [5.41, 5.74) is -1.09. The first-order valence-electron chi connectivity index (χ1n) is 13.9. The number of rotatable bonds is 7. The highest BCUT2D eigenvalue weighted by Gasteiger charge is 2.76. The molecule has 3 amide bonds. The standard InChI is InChI=1S/C31H34FN3O5/c1-30-16-17-31(40-30)25(24(30)27(36)33-22-12-10-20(32)11-13-22)29(38)35(18-19-8-14-23(39-2)15-9-19)26(31)28(37)34-21-6-4-3-5-7-21/h8-17,21,24-26H,3-7,18H2,1-2H3,(H,33,36)(H,34,37). The molecule has 3 heterocycles. The molecule has 8 nitrogen and oxygen atoms in total. The van der Waals surface area contributed by atoms with Gasteiger partial charge in [0.15, 0.2) is 0 Å². The molecule has 5 atom stereocenters. The van der Waals surface area contributed by atoms with Crippen molar-refractivity contribution in [3.05, 3.63) is 72.1 Å². The predicted octanol–water partition coefficient (Wildman–Crippen LogP) is 3.96. The number of fused-ring (bicyclic) bond motifs is 1. The number of carbonyl (C=O) groups is 3. The molecular formula is C31H34FN3O5. The van der Waals surface area contributed by atoms with Crippen LogP contribution in [0.1, 0.15) is 44.6 Å². The molecule has 9 heteroatoms. The lowest BCUT2D eigenvalue weighted by molar-refractivity contribution is -0.145. The molecule has 1 aliphatic carbocycles. The minimum absolute atomic E-state index is 0.0466. The Morgan fingerprint density at radius 2 is 1.73 bits per heavy atom. The smallest absolute Gasteiger partial charge is 0.246 e. The molecule has 1 spiro atoms. The van der Waals surface area contributed by atoms with E-state index in [4.69, 9.17) is 9.47 Å². The molecular weight excluding hydrogens is 513 g/mol. The molecule has 2 saturated heterocycles. The second kappa shape index (κ2) is 10.0. The van der Waals surface area contributed by atoms with E-state index in [0.717, 1.165) is 37.7 Å². The van der Waals surface area contributed by atoms with Gasteiger partial charge in [-0.1, -0.05) is 43.5 Å². The van der Waals surface area contributed by atoms with E-state index in [9.17, 15) is 18.8 Å². The van der Waals surface area contributed by atoms with Crippen molar-refractivity contribution in [2.45, 2.75) is 68.9 Å². The van der Waals surface area contributed by atoms with Crippen LogP contribution in [0.5, 0.6) is 5.75 Å². The van der Waals surface area contributed by atoms with Crippen LogP contribution in [-0.2, 0) is 25.7 Å². The number of hydrogen-bond donors (Lipinski definition) is 2. The van der Waals surface area contributed by atoms with Gasteiger partial charge in [-0.15, -0.1) is 0 Å². The van der Waals surface area contributed by atoms with E-state index in [1.165, 1.54) is 24.3 Å². The summed E-state index contributed by atoms with van der Waals surface area (Å²) in [4.78, 5) is 43.5. The van der Waals surface area contributed by atoms with Crippen LogP contribution >= 0.6 is 0 Å². The van der Waals surface area contributed by atoms with Gasteiger partial charge in [0, 0.05) is 18.3 Å². The van der Waals surface area contributed by atoms with Gasteiger partial charge in [0.05, 0.1) is 24.5 Å². The lowest BCUT2D eigenvalue weighted by atomic mass is 9.70. The number of likely N-dealkylation sites (tertiary alicyclic amines) is 1. The molecule has 2 bridgehead atoms. The Labute approximate surface area is 232 Å². The Morgan fingerprint density at radius 3 is 2.40 bits per heavy atom. The maximum absolute atomic E-state index is 14.2. The van der Waals surface area contributed by atoms with E-state index in [1.54, 1.807) is 18.9 Å². The SMILES string of the molecule is COc1ccc(CN2C(=O)C3C(C(=O)Nc4ccc(F)cc4)C4(C)C=CC3(O4)C2C(=O)NC2CCCCC2)cc1. The largest absolute Gasteiger partial charge is 0.497 e. The van der Waals surface area contributed by atoms with Crippen molar-refractivity contribution in [2.24, 2.45) is 11.8 Å². The van der Waals surface area contributed by atoms with Crippen molar-refractivity contribution in [2.75, 3.05) is 12.4 Å². The van der Waals surface area contributed by atoms with Crippen LogP contribution in [0.2, 0.25) is 0 Å². The Balaban J connectivity index is 1.34. The third-order valence-electron chi connectivity index (χ3n) is 8.90. The van der Waals surface area contributed by atoms with E-state index in [1.807, 2.05) is 36.4 Å². The second-order valence-electron chi connectivity index (χ2n) is 11.5.